The summed E-state index contributed by atoms with van der Waals surface area (Å²) in [5.41, 5.74) is 2.27. The summed E-state index contributed by atoms with van der Waals surface area (Å²) >= 11 is 0. The Kier molecular flexibility index (Phi) is 10.4. The zero-order chi connectivity index (χ0) is 26.7. The number of hydrogen-bond donors (Lipinski definition) is 1. The van der Waals surface area contributed by atoms with Crippen LogP contribution in [-0.2, 0) is 32.7 Å². The molecule has 1 atom stereocenters. The summed E-state index contributed by atoms with van der Waals surface area (Å²) in [6.45, 7) is 2.37. The van der Waals surface area contributed by atoms with Crippen LogP contribution in [0.2, 0.25) is 0 Å². The second-order valence-corrected chi connectivity index (χ2v) is 11.0. The van der Waals surface area contributed by atoms with Crippen LogP contribution < -0.4 is 5.32 Å². The molecular formula is C29H35N3O4S. The fraction of sp³-hybridized carbons (Fsp3) is 0.310. The molecule has 0 aliphatic rings. The van der Waals surface area contributed by atoms with E-state index in [-0.39, 0.29) is 25.5 Å². The number of rotatable bonds is 13. The Hall–Kier alpha value is -3.49. The molecule has 8 heteroatoms. The Morgan fingerprint density at radius 3 is 1.84 bits per heavy atom. The van der Waals surface area contributed by atoms with Crippen LogP contribution in [0.1, 0.15) is 42.5 Å². The van der Waals surface area contributed by atoms with Gasteiger partial charge in [-0.1, -0.05) is 104 Å². The van der Waals surface area contributed by atoms with Crippen LogP contribution in [0.15, 0.2) is 91.0 Å². The molecule has 3 rings (SSSR count). The quantitative estimate of drug-likeness (QED) is 0.343. The van der Waals surface area contributed by atoms with Gasteiger partial charge < -0.3 is 10.2 Å². The Morgan fingerprint density at radius 2 is 1.32 bits per heavy atom. The zero-order valence-corrected chi connectivity index (χ0v) is 22.2. The molecule has 7 nitrogen and oxygen atoms in total. The maximum atomic E-state index is 13.9. The van der Waals surface area contributed by atoms with Crippen molar-refractivity contribution in [2.75, 3.05) is 19.3 Å². The smallest absolute Gasteiger partial charge is 0.247 e. The number of carbonyl (C=O) groups excluding carboxylic acids is 2. The van der Waals surface area contributed by atoms with Crippen LogP contribution in [0.4, 0.5) is 0 Å². The normalized spacial score (nSPS) is 12.2. The standard InChI is InChI=1S/C29H35N3O4S/c1-3-4-20-30-29(34)28(26-18-12-7-13-19-26)32(22-25-16-10-6-11-17-25)27(33)23-31(37(2,35)36)21-24-14-8-5-9-15-24/h5-19,28H,3-4,20-23H2,1-2H3,(H,30,34)/t28-/m1/s1. The van der Waals surface area contributed by atoms with Gasteiger partial charge in [0, 0.05) is 19.6 Å². The predicted molar refractivity (Wildman–Crippen MR) is 146 cm³/mol. The molecule has 0 heterocycles. The van der Waals surface area contributed by atoms with Crippen molar-refractivity contribution >= 4 is 21.8 Å². The second kappa shape index (κ2) is 13.7. The molecule has 3 aromatic carbocycles. The van der Waals surface area contributed by atoms with Gasteiger partial charge in [-0.25, -0.2) is 8.42 Å². The van der Waals surface area contributed by atoms with Crippen LogP contribution in [0, 0.1) is 0 Å². The number of benzene rings is 3. The first-order valence-electron chi connectivity index (χ1n) is 12.4. The largest absolute Gasteiger partial charge is 0.354 e. The van der Waals surface area contributed by atoms with Crippen LogP contribution >= 0.6 is 0 Å². The van der Waals surface area contributed by atoms with E-state index in [0.717, 1.165) is 34.5 Å². The van der Waals surface area contributed by atoms with Gasteiger partial charge in [-0.15, -0.1) is 0 Å². The van der Waals surface area contributed by atoms with Crippen LogP contribution in [-0.4, -0.2) is 48.8 Å². The molecule has 0 bridgehead atoms. The fourth-order valence-electron chi connectivity index (χ4n) is 4.02. The highest BCUT2D eigenvalue weighted by molar-refractivity contribution is 7.88. The molecule has 0 radical (unpaired) electrons. The van der Waals surface area contributed by atoms with E-state index in [2.05, 4.69) is 5.32 Å². The van der Waals surface area contributed by atoms with E-state index in [1.165, 1.54) is 4.90 Å². The highest BCUT2D eigenvalue weighted by atomic mass is 32.2. The molecule has 0 spiro atoms. The lowest BCUT2D eigenvalue weighted by Gasteiger charge is -2.33. The molecule has 0 fully saturated rings. The first kappa shape index (κ1) is 28.1. The third-order valence-corrected chi connectivity index (χ3v) is 7.20. The highest BCUT2D eigenvalue weighted by Gasteiger charge is 2.33. The summed E-state index contributed by atoms with van der Waals surface area (Å²) in [7, 11) is -3.71. The van der Waals surface area contributed by atoms with Crippen molar-refractivity contribution in [1.82, 2.24) is 14.5 Å². The lowest BCUT2D eigenvalue weighted by atomic mass is 10.0. The number of sulfonamides is 1. The molecular weight excluding hydrogens is 486 g/mol. The van der Waals surface area contributed by atoms with E-state index in [0.29, 0.717) is 12.1 Å². The number of nitrogens with one attached hydrogen (secondary N) is 1. The molecule has 0 aliphatic carbocycles. The molecule has 0 saturated heterocycles. The minimum Gasteiger partial charge on any atom is -0.354 e. The molecule has 1 N–H and O–H groups in total. The lowest BCUT2D eigenvalue weighted by Crippen LogP contribution is -2.47. The summed E-state index contributed by atoms with van der Waals surface area (Å²) in [6.07, 6.45) is 2.83. The summed E-state index contributed by atoms with van der Waals surface area (Å²) < 4.78 is 26.5. The Labute approximate surface area is 220 Å². The summed E-state index contributed by atoms with van der Waals surface area (Å²) in [4.78, 5) is 28.9. The van der Waals surface area contributed by atoms with Crippen molar-refractivity contribution in [3.05, 3.63) is 108 Å². The van der Waals surface area contributed by atoms with Gasteiger partial charge in [0.15, 0.2) is 0 Å². The molecule has 0 aromatic heterocycles. The fourth-order valence-corrected chi connectivity index (χ4v) is 4.74. The van der Waals surface area contributed by atoms with Crippen LogP contribution in [0.25, 0.3) is 0 Å². The lowest BCUT2D eigenvalue weighted by molar-refractivity contribution is -0.141. The Bertz CT molecular complexity index is 1240. The van der Waals surface area contributed by atoms with Crippen molar-refractivity contribution < 1.29 is 18.0 Å². The van der Waals surface area contributed by atoms with Gasteiger partial charge in [0.05, 0.1) is 12.8 Å². The van der Waals surface area contributed by atoms with Gasteiger partial charge in [-0.3, -0.25) is 9.59 Å². The summed E-state index contributed by atoms with van der Waals surface area (Å²) in [5, 5.41) is 2.96. The van der Waals surface area contributed by atoms with Crippen LogP contribution in [0.3, 0.4) is 0 Å². The summed E-state index contributed by atoms with van der Waals surface area (Å²) in [6, 6.07) is 26.7. The predicted octanol–water partition coefficient (Wildman–Crippen LogP) is 4.13. The van der Waals surface area contributed by atoms with Crippen molar-refractivity contribution in [1.29, 1.82) is 0 Å². The SMILES string of the molecule is CCCCNC(=O)[C@@H](c1ccccc1)N(Cc1ccccc1)C(=O)CN(Cc1ccccc1)S(C)(=O)=O. The van der Waals surface area contributed by atoms with Crippen molar-refractivity contribution in [3.63, 3.8) is 0 Å². The first-order valence-corrected chi connectivity index (χ1v) is 14.3. The topological polar surface area (TPSA) is 86.8 Å². The minimum absolute atomic E-state index is 0.0588. The average molecular weight is 522 g/mol. The number of hydrogen-bond acceptors (Lipinski definition) is 4. The molecule has 0 aliphatic heterocycles. The van der Waals surface area contributed by atoms with Crippen molar-refractivity contribution in [2.45, 2.75) is 38.9 Å². The average Bonchev–Trinajstić information content (AvgIpc) is 2.89. The van der Waals surface area contributed by atoms with Crippen LogP contribution in [0.5, 0.6) is 0 Å². The van der Waals surface area contributed by atoms with Crippen molar-refractivity contribution in [2.24, 2.45) is 0 Å². The first-order chi connectivity index (χ1) is 17.8. The van der Waals surface area contributed by atoms with Gasteiger partial charge in [0.1, 0.15) is 6.04 Å². The third-order valence-electron chi connectivity index (χ3n) is 6.00. The molecule has 2 amide bonds. The van der Waals surface area contributed by atoms with Gasteiger partial charge in [-0.05, 0) is 23.1 Å². The molecule has 3 aromatic rings. The number of carbonyl (C=O) groups is 2. The van der Waals surface area contributed by atoms with Gasteiger partial charge in [-0.2, -0.15) is 4.31 Å². The van der Waals surface area contributed by atoms with E-state index >= 15 is 0 Å². The number of nitrogens with zero attached hydrogens (tertiary/aromatic N) is 2. The van der Waals surface area contributed by atoms with E-state index in [9.17, 15) is 18.0 Å². The molecule has 0 unspecified atom stereocenters. The van der Waals surface area contributed by atoms with Gasteiger partial charge in [0.2, 0.25) is 21.8 Å². The van der Waals surface area contributed by atoms with E-state index < -0.39 is 22.0 Å². The third kappa shape index (κ3) is 8.55. The van der Waals surface area contributed by atoms with Gasteiger partial charge >= 0.3 is 0 Å². The molecule has 0 saturated carbocycles. The Balaban J connectivity index is 1.98. The maximum Gasteiger partial charge on any atom is 0.247 e. The minimum atomic E-state index is -3.71. The second-order valence-electron chi connectivity index (χ2n) is 8.98. The van der Waals surface area contributed by atoms with Crippen molar-refractivity contribution in [3.8, 4) is 0 Å². The van der Waals surface area contributed by atoms with Gasteiger partial charge in [0.25, 0.3) is 0 Å². The van der Waals surface area contributed by atoms with E-state index in [1.807, 2.05) is 97.9 Å². The Morgan fingerprint density at radius 1 is 0.811 bits per heavy atom. The zero-order valence-electron chi connectivity index (χ0n) is 21.4. The molecule has 196 valence electrons. The maximum absolute atomic E-state index is 13.9. The number of unbranched alkanes of at least 4 members (excludes halogenated alkanes) is 1. The number of amides is 2. The molecule has 37 heavy (non-hydrogen) atoms. The highest BCUT2D eigenvalue weighted by Crippen LogP contribution is 2.25. The monoisotopic (exact) mass is 521 g/mol. The van der Waals surface area contributed by atoms with E-state index in [4.69, 9.17) is 0 Å². The summed E-state index contributed by atoms with van der Waals surface area (Å²) in [5.74, 6) is -0.748. The van der Waals surface area contributed by atoms with E-state index in [1.54, 1.807) is 0 Å².